The monoisotopic (exact) mass is 511 g/mol. The maximum atomic E-state index is 14.2. The van der Waals surface area contributed by atoms with Crippen LogP contribution in [0.5, 0.6) is 0 Å². The zero-order valence-corrected chi connectivity index (χ0v) is 22.0. The van der Waals surface area contributed by atoms with E-state index in [4.69, 9.17) is 0 Å². The first-order valence-corrected chi connectivity index (χ1v) is 14.1. The van der Waals surface area contributed by atoms with Gasteiger partial charge in [-0.1, -0.05) is 55.3 Å². The van der Waals surface area contributed by atoms with E-state index in [-0.39, 0.29) is 29.8 Å². The number of allylic oxidation sites excluding steroid dienone is 3. The molecule has 1 unspecified atom stereocenters. The third kappa shape index (κ3) is 4.70. The second kappa shape index (κ2) is 10.6. The van der Waals surface area contributed by atoms with Crippen molar-refractivity contribution in [1.82, 2.24) is 19.8 Å². The van der Waals surface area contributed by atoms with E-state index in [0.717, 1.165) is 56.6 Å². The van der Waals surface area contributed by atoms with Crippen molar-refractivity contribution in [3.05, 3.63) is 78.4 Å². The number of hydrogen-bond acceptors (Lipinski definition) is 4. The number of fused-ring (bicyclic) bond motifs is 3. The molecule has 1 saturated carbocycles. The number of likely N-dealkylation sites (tertiary alicyclic amines) is 1. The van der Waals surface area contributed by atoms with Crippen LogP contribution in [-0.4, -0.2) is 44.9 Å². The van der Waals surface area contributed by atoms with E-state index in [0.29, 0.717) is 17.9 Å². The molecule has 2 N–H and O–H groups in total. The quantitative estimate of drug-likeness (QED) is 0.574. The van der Waals surface area contributed by atoms with E-state index in [1.807, 2.05) is 17.8 Å². The molecule has 6 rings (SSSR count). The zero-order valence-electron chi connectivity index (χ0n) is 22.0. The Kier molecular flexibility index (Phi) is 6.92. The van der Waals surface area contributed by atoms with Crippen molar-refractivity contribution < 1.29 is 9.59 Å². The SMILES string of the molecule is Cn1ccnc1/C=C/C(=O)N[C@@H]1CCCC[C@@H]1C(=O)N1CC[C@@H]2[C@H](C3C=CC=CC3)Nc3ccccc3[C@@H]21. The number of imidazole rings is 1. The fourth-order valence-corrected chi connectivity index (χ4v) is 7.03. The van der Waals surface area contributed by atoms with Gasteiger partial charge in [0.2, 0.25) is 11.8 Å². The Balaban J connectivity index is 1.22. The number of amides is 2. The Morgan fingerprint density at radius 2 is 2.00 bits per heavy atom. The minimum Gasteiger partial charge on any atom is -0.381 e. The third-order valence-electron chi connectivity index (χ3n) is 8.92. The molecule has 4 aliphatic rings. The van der Waals surface area contributed by atoms with Crippen LogP contribution < -0.4 is 10.6 Å². The fourth-order valence-electron chi connectivity index (χ4n) is 7.03. The van der Waals surface area contributed by atoms with Crippen LogP contribution in [0.25, 0.3) is 6.08 Å². The second-order valence-electron chi connectivity index (χ2n) is 11.1. The molecule has 198 valence electrons. The lowest BCUT2D eigenvalue weighted by atomic mass is 9.75. The Hall–Kier alpha value is -3.61. The van der Waals surface area contributed by atoms with Crippen molar-refractivity contribution in [2.75, 3.05) is 11.9 Å². The van der Waals surface area contributed by atoms with Gasteiger partial charge in [0.1, 0.15) is 5.82 Å². The summed E-state index contributed by atoms with van der Waals surface area (Å²) in [4.78, 5) is 33.5. The minimum absolute atomic E-state index is 0.0749. The van der Waals surface area contributed by atoms with Crippen LogP contribution in [0.15, 0.2) is 67.0 Å². The van der Waals surface area contributed by atoms with Crippen LogP contribution in [0.1, 0.15) is 56.0 Å². The minimum atomic E-state index is -0.189. The van der Waals surface area contributed by atoms with Crippen molar-refractivity contribution in [3.8, 4) is 0 Å². The molecule has 2 aliphatic heterocycles. The van der Waals surface area contributed by atoms with E-state index in [2.05, 4.69) is 69.1 Å². The Labute approximate surface area is 224 Å². The highest BCUT2D eigenvalue weighted by Crippen LogP contribution is 2.49. The molecule has 7 heteroatoms. The van der Waals surface area contributed by atoms with Gasteiger partial charge in [-0.15, -0.1) is 0 Å². The van der Waals surface area contributed by atoms with Crippen LogP contribution in [-0.2, 0) is 16.6 Å². The maximum Gasteiger partial charge on any atom is 0.244 e. The van der Waals surface area contributed by atoms with Gasteiger partial charge in [-0.2, -0.15) is 0 Å². The first kappa shape index (κ1) is 24.7. The molecule has 2 fully saturated rings. The summed E-state index contributed by atoms with van der Waals surface area (Å²) in [5.74, 6) is 1.36. The summed E-state index contributed by atoms with van der Waals surface area (Å²) >= 11 is 0. The predicted octanol–water partition coefficient (Wildman–Crippen LogP) is 4.62. The van der Waals surface area contributed by atoms with Crippen molar-refractivity contribution in [3.63, 3.8) is 0 Å². The highest BCUT2D eigenvalue weighted by molar-refractivity contribution is 5.92. The van der Waals surface area contributed by atoms with E-state index in [1.54, 1.807) is 12.3 Å². The van der Waals surface area contributed by atoms with Crippen LogP contribution in [0.4, 0.5) is 5.69 Å². The average molecular weight is 512 g/mol. The number of nitrogens with zero attached hydrogens (tertiary/aromatic N) is 3. The first-order chi connectivity index (χ1) is 18.6. The molecule has 38 heavy (non-hydrogen) atoms. The summed E-state index contributed by atoms with van der Waals surface area (Å²) in [5, 5.41) is 7.01. The number of aromatic nitrogens is 2. The number of carbonyl (C=O) groups is 2. The highest BCUT2D eigenvalue weighted by Gasteiger charge is 2.49. The first-order valence-electron chi connectivity index (χ1n) is 14.1. The molecule has 7 nitrogen and oxygen atoms in total. The smallest absolute Gasteiger partial charge is 0.244 e. The summed E-state index contributed by atoms with van der Waals surface area (Å²) in [6, 6.07) is 8.72. The molecule has 2 aliphatic carbocycles. The lowest BCUT2D eigenvalue weighted by Gasteiger charge is -2.44. The number of carbonyl (C=O) groups excluding carboxylic acids is 2. The van der Waals surface area contributed by atoms with E-state index in [9.17, 15) is 9.59 Å². The van der Waals surface area contributed by atoms with E-state index >= 15 is 0 Å². The lowest BCUT2D eigenvalue weighted by molar-refractivity contribution is -0.139. The van der Waals surface area contributed by atoms with Crippen LogP contribution in [0.2, 0.25) is 0 Å². The average Bonchev–Trinajstić information content (AvgIpc) is 3.58. The molecular formula is C31H37N5O2. The third-order valence-corrected chi connectivity index (χ3v) is 8.92. The normalized spacial score (nSPS) is 30.1. The fraction of sp³-hybridized carbons (Fsp3) is 0.452. The van der Waals surface area contributed by atoms with Crippen LogP contribution >= 0.6 is 0 Å². The van der Waals surface area contributed by atoms with Crippen molar-refractivity contribution >= 4 is 23.6 Å². The van der Waals surface area contributed by atoms with Gasteiger partial charge in [0, 0.05) is 61.7 Å². The predicted molar refractivity (Wildman–Crippen MR) is 149 cm³/mol. The number of aryl methyl sites for hydroxylation is 1. The van der Waals surface area contributed by atoms with Gasteiger partial charge >= 0.3 is 0 Å². The summed E-state index contributed by atoms with van der Waals surface area (Å²) in [5.41, 5.74) is 2.37. The standard InChI is InChI=1S/C31H37N5O2/c1-35-20-18-32-27(35)15-16-28(37)33-26-14-8-6-12-23(26)31(38)36-19-17-24-29(21-9-3-2-4-10-21)34-25-13-7-5-11-22(25)30(24)36/h2-5,7,9,11,13,15-16,18,20-21,23-24,26,29-30,34H,6,8,10,12,14,17,19H2,1H3,(H,33,37)/b16-15+/t21?,23-,24+,26+,29-,30-/m0/s1. The van der Waals surface area contributed by atoms with Gasteiger partial charge in [-0.3, -0.25) is 9.59 Å². The lowest BCUT2D eigenvalue weighted by Crippen LogP contribution is -2.50. The summed E-state index contributed by atoms with van der Waals surface area (Å²) in [6.45, 7) is 0.767. The molecule has 1 saturated heterocycles. The number of nitrogens with one attached hydrogen (secondary N) is 2. The summed E-state index contributed by atoms with van der Waals surface area (Å²) in [6.07, 6.45) is 21.4. The maximum absolute atomic E-state index is 14.2. The molecular weight excluding hydrogens is 474 g/mol. The Morgan fingerprint density at radius 3 is 2.82 bits per heavy atom. The van der Waals surface area contributed by atoms with Crippen molar-refractivity contribution in [2.24, 2.45) is 24.8 Å². The number of para-hydroxylation sites is 1. The number of anilines is 1. The topological polar surface area (TPSA) is 79.3 Å². The number of benzene rings is 1. The van der Waals surface area contributed by atoms with Crippen molar-refractivity contribution in [2.45, 2.75) is 56.7 Å². The molecule has 0 bridgehead atoms. The Morgan fingerprint density at radius 1 is 1.13 bits per heavy atom. The van der Waals surface area contributed by atoms with Crippen LogP contribution in [0, 0.1) is 17.8 Å². The van der Waals surface area contributed by atoms with Gasteiger partial charge < -0.3 is 20.1 Å². The molecule has 0 radical (unpaired) electrons. The molecule has 6 atom stereocenters. The zero-order chi connectivity index (χ0) is 26.1. The number of hydrogen-bond donors (Lipinski definition) is 2. The summed E-state index contributed by atoms with van der Waals surface area (Å²) in [7, 11) is 1.90. The molecule has 2 aromatic rings. The van der Waals surface area contributed by atoms with Gasteiger partial charge in [-0.05, 0) is 43.4 Å². The molecule has 1 aromatic carbocycles. The van der Waals surface area contributed by atoms with Crippen LogP contribution in [0.3, 0.4) is 0 Å². The molecule has 3 heterocycles. The number of rotatable bonds is 5. The molecule has 1 aromatic heterocycles. The highest BCUT2D eigenvalue weighted by atomic mass is 16.2. The van der Waals surface area contributed by atoms with Gasteiger partial charge in [0.05, 0.1) is 12.0 Å². The van der Waals surface area contributed by atoms with E-state index < -0.39 is 0 Å². The Bertz CT molecular complexity index is 1280. The van der Waals surface area contributed by atoms with Gasteiger partial charge in [0.25, 0.3) is 0 Å². The second-order valence-corrected chi connectivity index (χ2v) is 11.1. The van der Waals surface area contributed by atoms with Gasteiger partial charge in [-0.25, -0.2) is 4.98 Å². The van der Waals surface area contributed by atoms with Gasteiger partial charge in [0.15, 0.2) is 0 Å². The van der Waals surface area contributed by atoms with E-state index in [1.165, 1.54) is 11.6 Å². The molecule has 2 amide bonds. The molecule has 0 spiro atoms. The largest absolute Gasteiger partial charge is 0.381 e. The van der Waals surface area contributed by atoms with Crippen molar-refractivity contribution in [1.29, 1.82) is 0 Å². The summed E-state index contributed by atoms with van der Waals surface area (Å²) < 4.78 is 1.87.